The Kier molecular flexibility index (Phi) is 4.48. The number of phenolic OH excluding ortho intramolecular Hbond substituents is 1. The highest BCUT2D eigenvalue weighted by molar-refractivity contribution is 7.89. The van der Waals surface area contributed by atoms with Crippen molar-refractivity contribution in [3.05, 3.63) is 28.3 Å². The quantitative estimate of drug-likeness (QED) is 0.653. The molecule has 1 aliphatic rings. The second-order valence-electron chi connectivity index (χ2n) is 5.50. The van der Waals surface area contributed by atoms with Gasteiger partial charge in [-0.3, -0.25) is 10.1 Å². The summed E-state index contributed by atoms with van der Waals surface area (Å²) in [4.78, 5) is 9.75. The zero-order valence-corrected chi connectivity index (χ0v) is 12.5. The van der Waals surface area contributed by atoms with Crippen LogP contribution in [0.1, 0.15) is 32.6 Å². The van der Waals surface area contributed by atoms with Crippen LogP contribution >= 0.6 is 0 Å². The van der Waals surface area contributed by atoms with Crippen molar-refractivity contribution in [1.29, 1.82) is 0 Å². The number of sulfonamides is 1. The minimum Gasteiger partial charge on any atom is -0.502 e. The Morgan fingerprint density at radius 1 is 1.38 bits per heavy atom. The highest BCUT2D eigenvalue weighted by atomic mass is 32.2. The standard InChI is InChI=1S/C13H18N2O5S/c1-9-3-2-4-10(7-9)14-21(19,20)11-5-6-13(16)12(8-11)15(17)18/h5-6,8-10,14,16H,2-4,7H2,1H3. The number of aromatic hydroxyl groups is 1. The number of nitrogens with one attached hydrogen (secondary N) is 1. The Morgan fingerprint density at radius 2 is 2.10 bits per heavy atom. The van der Waals surface area contributed by atoms with Crippen molar-refractivity contribution >= 4 is 15.7 Å². The second kappa shape index (κ2) is 5.98. The number of benzene rings is 1. The minimum absolute atomic E-state index is 0.147. The summed E-state index contributed by atoms with van der Waals surface area (Å²) in [5, 5.41) is 20.1. The fourth-order valence-electron chi connectivity index (χ4n) is 2.65. The molecule has 1 aliphatic carbocycles. The van der Waals surface area contributed by atoms with Crippen molar-refractivity contribution < 1.29 is 18.4 Å². The molecule has 2 rings (SSSR count). The van der Waals surface area contributed by atoms with Gasteiger partial charge in [-0.05, 0) is 30.9 Å². The first-order valence-corrected chi connectivity index (χ1v) is 8.27. The first-order valence-electron chi connectivity index (χ1n) is 6.79. The van der Waals surface area contributed by atoms with Gasteiger partial charge in [-0.2, -0.15) is 0 Å². The molecule has 1 aromatic carbocycles. The van der Waals surface area contributed by atoms with Crippen LogP contribution in [-0.2, 0) is 10.0 Å². The first kappa shape index (κ1) is 15.7. The first-order chi connectivity index (χ1) is 9.79. The van der Waals surface area contributed by atoms with E-state index in [0.717, 1.165) is 43.9 Å². The predicted molar refractivity (Wildman–Crippen MR) is 76.5 cm³/mol. The van der Waals surface area contributed by atoms with Crippen LogP contribution in [0.3, 0.4) is 0 Å². The third-order valence-corrected chi connectivity index (χ3v) is 5.23. The van der Waals surface area contributed by atoms with Crippen LogP contribution in [0, 0.1) is 16.0 Å². The average Bonchev–Trinajstić information content (AvgIpc) is 2.38. The summed E-state index contributed by atoms with van der Waals surface area (Å²) in [5.41, 5.74) is -0.616. The second-order valence-corrected chi connectivity index (χ2v) is 7.21. The molecule has 8 heteroatoms. The van der Waals surface area contributed by atoms with Crippen molar-refractivity contribution in [3.63, 3.8) is 0 Å². The van der Waals surface area contributed by atoms with Gasteiger partial charge in [-0.1, -0.05) is 19.8 Å². The van der Waals surface area contributed by atoms with Crippen molar-refractivity contribution in [1.82, 2.24) is 4.72 Å². The van der Waals surface area contributed by atoms with Gasteiger partial charge in [0.1, 0.15) is 0 Å². The summed E-state index contributed by atoms with van der Waals surface area (Å²) in [6.45, 7) is 2.08. The Bertz CT molecular complexity index is 644. The molecule has 7 nitrogen and oxygen atoms in total. The lowest BCUT2D eigenvalue weighted by atomic mass is 9.88. The van der Waals surface area contributed by atoms with Crippen LogP contribution in [0.15, 0.2) is 23.1 Å². The molecule has 0 aliphatic heterocycles. The van der Waals surface area contributed by atoms with Crippen LogP contribution < -0.4 is 4.72 Å². The van der Waals surface area contributed by atoms with E-state index in [2.05, 4.69) is 11.6 Å². The molecule has 2 N–H and O–H groups in total. The van der Waals surface area contributed by atoms with E-state index in [4.69, 9.17) is 0 Å². The maximum Gasteiger partial charge on any atom is 0.312 e. The van der Waals surface area contributed by atoms with Gasteiger partial charge in [0.2, 0.25) is 10.0 Å². The van der Waals surface area contributed by atoms with Crippen molar-refractivity contribution in [3.8, 4) is 5.75 Å². The van der Waals surface area contributed by atoms with Crippen molar-refractivity contribution in [2.24, 2.45) is 5.92 Å². The summed E-state index contributed by atoms with van der Waals surface area (Å²) in [5.74, 6) is -0.0918. The number of nitro benzene ring substituents is 1. The van der Waals surface area contributed by atoms with Gasteiger partial charge in [0, 0.05) is 12.1 Å². The maximum absolute atomic E-state index is 12.3. The molecular weight excluding hydrogens is 296 g/mol. The third-order valence-electron chi connectivity index (χ3n) is 3.71. The highest BCUT2D eigenvalue weighted by Gasteiger charge is 2.26. The third kappa shape index (κ3) is 3.70. The lowest BCUT2D eigenvalue weighted by molar-refractivity contribution is -0.386. The maximum atomic E-state index is 12.3. The molecule has 0 spiro atoms. The van der Waals surface area contributed by atoms with E-state index in [-0.39, 0.29) is 10.9 Å². The summed E-state index contributed by atoms with van der Waals surface area (Å²) in [6.07, 6.45) is 3.58. The molecule has 1 fully saturated rings. The molecule has 0 saturated heterocycles. The Morgan fingerprint density at radius 3 is 2.71 bits per heavy atom. The highest BCUT2D eigenvalue weighted by Crippen LogP contribution is 2.29. The molecule has 1 saturated carbocycles. The molecule has 0 heterocycles. The van der Waals surface area contributed by atoms with Crippen LogP contribution in [0.2, 0.25) is 0 Å². The zero-order valence-electron chi connectivity index (χ0n) is 11.7. The van der Waals surface area contributed by atoms with Gasteiger partial charge in [-0.15, -0.1) is 0 Å². The molecule has 0 radical (unpaired) electrons. The SMILES string of the molecule is CC1CCCC(NS(=O)(=O)c2ccc(O)c([N+](=O)[O-])c2)C1. The Hall–Kier alpha value is -1.67. The Labute approximate surface area is 123 Å². The van der Waals surface area contributed by atoms with E-state index in [0.29, 0.717) is 5.92 Å². The number of phenols is 1. The van der Waals surface area contributed by atoms with Gasteiger partial charge >= 0.3 is 5.69 Å². The fraction of sp³-hybridized carbons (Fsp3) is 0.538. The smallest absolute Gasteiger partial charge is 0.312 e. The summed E-state index contributed by atoms with van der Waals surface area (Å²) >= 11 is 0. The summed E-state index contributed by atoms with van der Waals surface area (Å²) in [7, 11) is -3.82. The van der Waals surface area contributed by atoms with Gasteiger partial charge in [-0.25, -0.2) is 13.1 Å². The lowest BCUT2D eigenvalue weighted by Crippen LogP contribution is -2.37. The minimum atomic E-state index is -3.82. The van der Waals surface area contributed by atoms with Gasteiger partial charge in [0.25, 0.3) is 0 Å². The van der Waals surface area contributed by atoms with Crippen molar-refractivity contribution in [2.75, 3.05) is 0 Å². The number of hydrogen-bond donors (Lipinski definition) is 2. The number of nitro groups is 1. The Balaban J connectivity index is 2.23. The predicted octanol–water partition coefficient (Wildman–Crippen LogP) is 2.16. The van der Waals surface area contributed by atoms with Gasteiger partial charge in [0.05, 0.1) is 9.82 Å². The van der Waals surface area contributed by atoms with E-state index in [1.165, 1.54) is 0 Å². The molecule has 21 heavy (non-hydrogen) atoms. The van der Waals surface area contributed by atoms with E-state index in [1.807, 2.05) is 0 Å². The molecule has 2 atom stereocenters. The molecule has 0 bridgehead atoms. The van der Waals surface area contributed by atoms with E-state index in [1.54, 1.807) is 0 Å². The van der Waals surface area contributed by atoms with Gasteiger partial charge < -0.3 is 5.11 Å². The van der Waals surface area contributed by atoms with Crippen LogP contribution in [0.5, 0.6) is 5.75 Å². The van der Waals surface area contributed by atoms with E-state index >= 15 is 0 Å². The van der Waals surface area contributed by atoms with Crippen LogP contribution in [-0.4, -0.2) is 24.5 Å². The zero-order chi connectivity index (χ0) is 15.6. The summed E-state index contributed by atoms with van der Waals surface area (Å²) in [6, 6.07) is 2.92. The van der Waals surface area contributed by atoms with Crippen LogP contribution in [0.4, 0.5) is 5.69 Å². The molecule has 2 unspecified atom stereocenters. The topological polar surface area (TPSA) is 110 Å². The average molecular weight is 314 g/mol. The monoisotopic (exact) mass is 314 g/mol. The van der Waals surface area contributed by atoms with Crippen LogP contribution in [0.25, 0.3) is 0 Å². The molecule has 0 amide bonds. The summed E-state index contributed by atoms with van der Waals surface area (Å²) < 4.78 is 27.2. The number of nitrogens with zero attached hydrogens (tertiary/aromatic N) is 1. The number of rotatable bonds is 4. The van der Waals surface area contributed by atoms with E-state index in [9.17, 15) is 23.6 Å². The lowest BCUT2D eigenvalue weighted by Gasteiger charge is -2.27. The molecule has 0 aromatic heterocycles. The fourth-order valence-corrected chi connectivity index (χ4v) is 3.95. The largest absolute Gasteiger partial charge is 0.502 e. The molecule has 1 aromatic rings. The molecule has 116 valence electrons. The molecular formula is C13H18N2O5S. The van der Waals surface area contributed by atoms with E-state index < -0.39 is 26.4 Å². The number of hydrogen-bond acceptors (Lipinski definition) is 5. The van der Waals surface area contributed by atoms with Gasteiger partial charge in [0.15, 0.2) is 5.75 Å². The normalized spacial score (nSPS) is 22.9. The van der Waals surface area contributed by atoms with Crippen molar-refractivity contribution in [2.45, 2.75) is 43.5 Å².